The van der Waals surface area contributed by atoms with E-state index in [1.165, 1.54) is 24.5 Å². The van der Waals surface area contributed by atoms with Gasteiger partial charge >= 0.3 is 5.97 Å². The molecule has 0 aliphatic carbocycles. The summed E-state index contributed by atoms with van der Waals surface area (Å²) < 4.78 is 18.8. The summed E-state index contributed by atoms with van der Waals surface area (Å²) in [6.45, 7) is 2.36. The lowest BCUT2D eigenvalue weighted by Gasteiger charge is -2.25. The van der Waals surface area contributed by atoms with Crippen LogP contribution in [-0.2, 0) is 16.1 Å². The number of rotatable bonds is 5. The predicted molar refractivity (Wildman–Crippen MR) is 79.5 cm³/mol. The zero-order chi connectivity index (χ0) is 15.4. The Bertz CT molecular complexity index is 630. The summed E-state index contributed by atoms with van der Waals surface area (Å²) in [6, 6.07) is 5.45. The highest BCUT2D eigenvalue weighted by atomic mass is 32.1. The molecule has 0 aliphatic heterocycles. The van der Waals surface area contributed by atoms with E-state index < -0.39 is 17.8 Å². The molecule has 0 radical (unpaired) electrons. The van der Waals surface area contributed by atoms with Gasteiger partial charge < -0.3 is 4.74 Å². The standard InChI is InChI=1S/C15H17FN2O2S/c1-10-9-21-13(17-10)8-18(2)14(15(19)20-3)11-6-4-5-7-12(11)16/h4-7,9,14H,8H2,1-3H3/t14-/m0/s1. The Morgan fingerprint density at radius 3 is 2.76 bits per heavy atom. The zero-order valence-electron chi connectivity index (χ0n) is 12.2. The van der Waals surface area contributed by atoms with Gasteiger partial charge in [0.25, 0.3) is 0 Å². The molecule has 0 amide bonds. The normalized spacial score (nSPS) is 12.4. The van der Waals surface area contributed by atoms with Gasteiger partial charge in [-0.25, -0.2) is 14.2 Å². The van der Waals surface area contributed by atoms with Crippen molar-refractivity contribution in [2.75, 3.05) is 14.2 Å². The summed E-state index contributed by atoms with van der Waals surface area (Å²) in [5, 5.41) is 2.82. The van der Waals surface area contributed by atoms with E-state index in [1.807, 2.05) is 12.3 Å². The first-order chi connectivity index (χ1) is 10.0. The zero-order valence-corrected chi connectivity index (χ0v) is 13.0. The number of carbonyl (C=O) groups is 1. The summed E-state index contributed by atoms with van der Waals surface area (Å²) in [4.78, 5) is 18.2. The minimum absolute atomic E-state index is 0.306. The number of carbonyl (C=O) groups excluding carboxylic acids is 1. The molecular weight excluding hydrogens is 291 g/mol. The molecule has 0 N–H and O–H groups in total. The van der Waals surface area contributed by atoms with E-state index in [2.05, 4.69) is 4.98 Å². The van der Waals surface area contributed by atoms with Crippen LogP contribution in [0, 0.1) is 12.7 Å². The van der Waals surface area contributed by atoms with Gasteiger partial charge in [-0.2, -0.15) is 0 Å². The van der Waals surface area contributed by atoms with Gasteiger partial charge in [-0.15, -0.1) is 11.3 Å². The molecule has 1 heterocycles. The molecule has 0 unspecified atom stereocenters. The fourth-order valence-electron chi connectivity index (χ4n) is 2.13. The third kappa shape index (κ3) is 3.65. The summed E-state index contributed by atoms with van der Waals surface area (Å²) in [5.74, 6) is -0.911. The van der Waals surface area contributed by atoms with Crippen molar-refractivity contribution in [2.24, 2.45) is 0 Å². The van der Waals surface area contributed by atoms with Crippen LogP contribution in [0.15, 0.2) is 29.6 Å². The number of ether oxygens (including phenoxy) is 1. The van der Waals surface area contributed by atoms with Crippen LogP contribution in [0.5, 0.6) is 0 Å². The lowest BCUT2D eigenvalue weighted by molar-refractivity contribution is -0.147. The van der Waals surface area contributed by atoms with E-state index in [0.29, 0.717) is 12.1 Å². The van der Waals surface area contributed by atoms with Crippen LogP contribution in [0.25, 0.3) is 0 Å². The minimum Gasteiger partial charge on any atom is -0.468 e. The third-order valence-corrected chi connectivity index (χ3v) is 4.07. The smallest absolute Gasteiger partial charge is 0.327 e. The number of hydrogen-bond acceptors (Lipinski definition) is 5. The first kappa shape index (κ1) is 15.6. The molecule has 21 heavy (non-hydrogen) atoms. The largest absolute Gasteiger partial charge is 0.468 e. The van der Waals surface area contributed by atoms with Gasteiger partial charge in [0.15, 0.2) is 0 Å². The van der Waals surface area contributed by atoms with Crippen LogP contribution in [0.4, 0.5) is 4.39 Å². The first-order valence-electron chi connectivity index (χ1n) is 6.46. The maximum absolute atomic E-state index is 14.0. The minimum atomic E-state index is -0.791. The van der Waals surface area contributed by atoms with Crippen LogP contribution in [0.2, 0.25) is 0 Å². The molecule has 0 saturated carbocycles. The number of esters is 1. The van der Waals surface area contributed by atoms with Gasteiger partial charge in [-0.05, 0) is 20.0 Å². The number of likely N-dealkylation sites (N-methyl/N-ethyl adjacent to an activating group) is 1. The highest BCUT2D eigenvalue weighted by molar-refractivity contribution is 7.09. The van der Waals surface area contributed by atoms with Crippen molar-refractivity contribution in [1.82, 2.24) is 9.88 Å². The second-order valence-corrected chi connectivity index (χ2v) is 5.69. The predicted octanol–water partition coefficient (Wildman–Crippen LogP) is 2.94. The Kier molecular flexibility index (Phi) is 5.03. The Hall–Kier alpha value is -1.79. The van der Waals surface area contributed by atoms with Crippen molar-refractivity contribution in [3.8, 4) is 0 Å². The van der Waals surface area contributed by atoms with Crippen LogP contribution in [0.1, 0.15) is 22.3 Å². The monoisotopic (exact) mass is 308 g/mol. The molecule has 1 aromatic heterocycles. The first-order valence-corrected chi connectivity index (χ1v) is 7.34. The maximum Gasteiger partial charge on any atom is 0.327 e. The van der Waals surface area contributed by atoms with E-state index >= 15 is 0 Å². The Balaban J connectivity index is 2.28. The van der Waals surface area contributed by atoms with Crippen LogP contribution < -0.4 is 0 Å². The highest BCUT2D eigenvalue weighted by Crippen LogP contribution is 2.25. The Morgan fingerprint density at radius 2 is 2.19 bits per heavy atom. The van der Waals surface area contributed by atoms with Gasteiger partial charge in [-0.1, -0.05) is 18.2 Å². The summed E-state index contributed by atoms with van der Waals surface area (Å²) in [6.07, 6.45) is 0. The maximum atomic E-state index is 14.0. The SMILES string of the molecule is COC(=O)[C@H](c1ccccc1F)N(C)Cc1nc(C)cs1. The van der Waals surface area contributed by atoms with Crippen molar-refractivity contribution in [2.45, 2.75) is 19.5 Å². The summed E-state index contributed by atoms with van der Waals surface area (Å²) in [5.41, 5.74) is 1.24. The quantitative estimate of drug-likeness (QED) is 0.797. The number of halogens is 1. The summed E-state index contributed by atoms with van der Waals surface area (Å²) in [7, 11) is 3.06. The lowest BCUT2D eigenvalue weighted by atomic mass is 10.1. The second-order valence-electron chi connectivity index (χ2n) is 4.74. The lowest BCUT2D eigenvalue weighted by Crippen LogP contribution is -2.32. The molecule has 0 fully saturated rings. The number of aryl methyl sites for hydroxylation is 1. The van der Waals surface area contributed by atoms with Gasteiger partial charge in [0.2, 0.25) is 0 Å². The fourth-order valence-corrected chi connectivity index (χ4v) is 2.97. The molecule has 6 heteroatoms. The number of thiazole rings is 1. The molecule has 0 bridgehead atoms. The van der Waals surface area contributed by atoms with Crippen LogP contribution in [0.3, 0.4) is 0 Å². The van der Waals surface area contributed by atoms with Crippen molar-refractivity contribution >= 4 is 17.3 Å². The number of hydrogen-bond donors (Lipinski definition) is 0. The molecule has 112 valence electrons. The van der Waals surface area contributed by atoms with Crippen LogP contribution in [-0.4, -0.2) is 30.0 Å². The van der Waals surface area contributed by atoms with Gasteiger partial charge in [-0.3, -0.25) is 4.90 Å². The Labute approximate surface area is 127 Å². The van der Waals surface area contributed by atoms with E-state index in [9.17, 15) is 9.18 Å². The average molecular weight is 308 g/mol. The van der Waals surface area contributed by atoms with Crippen molar-refractivity contribution in [3.05, 3.63) is 51.7 Å². The van der Waals surface area contributed by atoms with Crippen molar-refractivity contribution < 1.29 is 13.9 Å². The molecular formula is C15H17FN2O2S. The number of nitrogens with zero attached hydrogens (tertiary/aromatic N) is 2. The number of aromatic nitrogens is 1. The second kappa shape index (κ2) is 6.78. The topological polar surface area (TPSA) is 42.4 Å². The average Bonchev–Trinajstić information content (AvgIpc) is 2.86. The number of methoxy groups -OCH3 is 1. The van der Waals surface area contributed by atoms with Gasteiger partial charge in [0.05, 0.1) is 13.7 Å². The van der Waals surface area contributed by atoms with Crippen molar-refractivity contribution in [1.29, 1.82) is 0 Å². The number of benzene rings is 1. The van der Waals surface area contributed by atoms with Crippen molar-refractivity contribution in [3.63, 3.8) is 0 Å². The van der Waals surface area contributed by atoms with Crippen LogP contribution >= 0.6 is 11.3 Å². The fraction of sp³-hybridized carbons (Fsp3) is 0.333. The molecule has 4 nitrogen and oxygen atoms in total. The third-order valence-electron chi connectivity index (χ3n) is 3.12. The molecule has 1 atom stereocenters. The van der Waals surface area contributed by atoms with E-state index in [0.717, 1.165) is 10.7 Å². The molecule has 0 saturated heterocycles. The summed E-state index contributed by atoms with van der Waals surface area (Å²) >= 11 is 1.52. The molecule has 0 aliphatic rings. The van der Waals surface area contributed by atoms with E-state index in [-0.39, 0.29) is 0 Å². The van der Waals surface area contributed by atoms with Gasteiger partial charge in [0.1, 0.15) is 16.9 Å². The molecule has 2 aromatic rings. The molecule has 0 spiro atoms. The van der Waals surface area contributed by atoms with E-state index in [4.69, 9.17) is 4.74 Å². The van der Waals surface area contributed by atoms with E-state index in [1.54, 1.807) is 30.1 Å². The van der Waals surface area contributed by atoms with Gasteiger partial charge in [0, 0.05) is 16.6 Å². The molecule has 1 aromatic carbocycles. The molecule has 2 rings (SSSR count). The Morgan fingerprint density at radius 1 is 1.48 bits per heavy atom. The highest BCUT2D eigenvalue weighted by Gasteiger charge is 2.29.